The van der Waals surface area contributed by atoms with Crippen LogP contribution in [-0.4, -0.2) is 6.71 Å². The highest BCUT2D eigenvalue weighted by atomic mass is 15.2. The summed E-state index contributed by atoms with van der Waals surface area (Å²) in [7, 11) is 0. The van der Waals surface area contributed by atoms with E-state index in [9.17, 15) is 0 Å². The van der Waals surface area contributed by atoms with E-state index in [0.29, 0.717) is 0 Å². The molecule has 35 heavy (non-hydrogen) atoms. The van der Waals surface area contributed by atoms with Crippen molar-refractivity contribution in [2.45, 2.75) is 13.8 Å². The van der Waals surface area contributed by atoms with Gasteiger partial charge in [-0.05, 0) is 84.3 Å². The largest absolute Gasteiger partial charge is 0.311 e. The normalized spacial score (nSPS) is 13.3. The van der Waals surface area contributed by atoms with Crippen molar-refractivity contribution in [2.75, 3.05) is 9.80 Å². The quantitative estimate of drug-likeness (QED) is 0.283. The van der Waals surface area contributed by atoms with Gasteiger partial charge in [0.05, 0.1) is 0 Å². The molecule has 0 spiro atoms. The third-order valence-corrected chi connectivity index (χ3v) is 7.36. The van der Waals surface area contributed by atoms with E-state index in [1.165, 1.54) is 61.6 Å². The summed E-state index contributed by atoms with van der Waals surface area (Å²) in [4.78, 5) is 4.88. The molecule has 0 saturated carbocycles. The van der Waals surface area contributed by atoms with E-state index in [0.717, 1.165) is 0 Å². The van der Waals surface area contributed by atoms with Crippen molar-refractivity contribution >= 4 is 57.2 Å². The molecule has 0 atom stereocenters. The third-order valence-electron chi connectivity index (χ3n) is 7.36. The molecule has 0 radical (unpaired) electrons. The number of anilines is 6. The van der Waals surface area contributed by atoms with Gasteiger partial charge in [-0.15, -0.1) is 0 Å². The summed E-state index contributed by atoms with van der Waals surface area (Å²) in [5, 5.41) is 0. The lowest BCUT2D eigenvalue weighted by atomic mass is 9.33. The van der Waals surface area contributed by atoms with Crippen LogP contribution in [0.5, 0.6) is 0 Å². The third kappa shape index (κ3) is 2.98. The molecular weight excluding hydrogens is 423 g/mol. The lowest BCUT2D eigenvalue weighted by molar-refractivity contribution is 1.24. The lowest BCUT2D eigenvalue weighted by Crippen LogP contribution is -2.61. The minimum Gasteiger partial charge on any atom is -0.311 e. The minimum absolute atomic E-state index is 0.190. The first-order valence-electron chi connectivity index (χ1n) is 12.2. The topological polar surface area (TPSA) is 6.48 Å². The number of hydrogen-bond acceptors (Lipinski definition) is 2. The molecule has 0 aliphatic carbocycles. The van der Waals surface area contributed by atoms with Gasteiger partial charge in [0.1, 0.15) is 0 Å². The van der Waals surface area contributed by atoms with Gasteiger partial charge in [0.15, 0.2) is 0 Å². The molecule has 2 aliphatic rings. The Labute approximate surface area is 207 Å². The van der Waals surface area contributed by atoms with Crippen LogP contribution in [0.2, 0.25) is 0 Å². The van der Waals surface area contributed by atoms with Gasteiger partial charge in [0.2, 0.25) is 0 Å². The molecule has 0 bridgehead atoms. The summed E-state index contributed by atoms with van der Waals surface area (Å²) in [5.74, 6) is 0. The van der Waals surface area contributed by atoms with Gasteiger partial charge in [-0.1, -0.05) is 72.3 Å². The van der Waals surface area contributed by atoms with Crippen LogP contribution < -0.4 is 26.2 Å². The molecule has 0 amide bonds. The number of para-hydroxylation sites is 2. The van der Waals surface area contributed by atoms with E-state index in [1.807, 2.05) is 0 Å². The van der Waals surface area contributed by atoms with Crippen LogP contribution >= 0.6 is 0 Å². The predicted octanol–water partition coefficient (Wildman–Crippen LogP) is 6.39. The van der Waals surface area contributed by atoms with Gasteiger partial charge >= 0.3 is 0 Å². The Bertz CT molecular complexity index is 1570. The van der Waals surface area contributed by atoms with E-state index >= 15 is 0 Å². The van der Waals surface area contributed by atoms with Crippen LogP contribution in [0.4, 0.5) is 34.1 Å². The molecule has 166 valence electrons. The fourth-order valence-electron chi connectivity index (χ4n) is 5.82. The van der Waals surface area contributed by atoms with Crippen molar-refractivity contribution in [2.24, 2.45) is 0 Å². The standard InChI is InChI=1S/C32H25BN2/c1-22-15-18-25(19-16-22)35-30-14-8-13-29-32(30)33(27-20-17-23(2)21-31(27)35)26-11-6-7-12-28(26)34(29)24-9-4-3-5-10-24/h3-21H,1-2H3. The molecule has 0 aromatic heterocycles. The fraction of sp³-hybridized carbons (Fsp3) is 0.0625. The average Bonchev–Trinajstić information content (AvgIpc) is 2.90. The Kier molecular flexibility index (Phi) is 4.40. The first kappa shape index (κ1) is 20.2. The van der Waals surface area contributed by atoms with Crippen molar-refractivity contribution < 1.29 is 0 Å². The zero-order chi connectivity index (χ0) is 23.5. The fourth-order valence-corrected chi connectivity index (χ4v) is 5.82. The van der Waals surface area contributed by atoms with Crippen molar-refractivity contribution in [1.82, 2.24) is 0 Å². The summed E-state index contributed by atoms with van der Waals surface area (Å²) in [6, 6.07) is 42.2. The Morgan fingerprint density at radius 1 is 0.457 bits per heavy atom. The maximum absolute atomic E-state index is 2.45. The smallest absolute Gasteiger partial charge is 0.252 e. The van der Waals surface area contributed by atoms with E-state index in [4.69, 9.17) is 0 Å². The van der Waals surface area contributed by atoms with Crippen molar-refractivity contribution in [3.8, 4) is 0 Å². The molecule has 0 N–H and O–H groups in total. The van der Waals surface area contributed by atoms with E-state index in [1.54, 1.807) is 0 Å². The number of rotatable bonds is 2. The summed E-state index contributed by atoms with van der Waals surface area (Å²) in [6.45, 7) is 4.52. The van der Waals surface area contributed by atoms with Crippen LogP contribution in [0.3, 0.4) is 0 Å². The van der Waals surface area contributed by atoms with Crippen molar-refractivity contribution in [1.29, 1.82) is 0 Å². The van der Waals surface area contributed by atoms with E-state index < -0.39 is 0 Å². The molecule has 5 aromatic carbocycles. The number of fused-ring (bicyclic) bond motifs is 4. The van der Waals surface area contributed by atoms with Gasteiger partial charge in [-0.3, -0.25) is 0 Å². The Morgan fingerprint density at radius 3 is 1.80 bits per heavy atom. The summed E-state index contributed by atoms with van der Waals surface area (Å²) in [5.41, 5.74) is 14.0. The van der Waals surface area contributed by atoms with Crippen LogP contribution in [0.25, 0.3) is 0 Å². The highest BCUT2D eigenvalue weighted by molar-refractivity contribution is 7.00. The number of nitrogens with zero attached hydrogens (tertiary/aromatic N) is 2. The van der Waals surface area contributed by atoms with Crippen molar-refractivity contribution in [3.63, 3.8) is 0 Å². The minimum atomic E-state index is 0.190. The zero-order valence-corrected chi connectivity index (χ0v) is 19.9. The first-order chi connectivity index (χ1) is 17.2. The summed E-state index contributed by atoms with van der Waals surface area (Å²) in [6.07, 6.45) is 0. The van der Waals surface area contributed by atoms with Gasteiger partial charge in [0.25, 0.3) is 6.71 Å². The molecule has 0 saturated heterocycles. The number of aryl methyl sites for hydroxylation is 2. The molecule has 0 fully saturated rings. The van der Waals surface area contributed by atoms with Gasteiger partial charge in [0, 0.05) is 34.1 Å². The maximum atomic E-state index is 2.45. The predicted molar refractivity (Wildman–Crippen MR) is 150 cm³/mol. The van der Waals surface area contributed by atoms with Crippen LogP contribution in [0.1, 0.15) is 11.1 Å². The van der Waals surface area contributed by atoms with Crippen molar-refractivity contribution in [3.05, 3.63) is 126 Å². The highest BCUT2D eigenvalue weighted by Gasteiger charge is 2.42. The second kappa shape index (κ2) is 7.64. The molecule has 3 heteroatoms. The molecular formula is C32H25BN2. The highest BCUT2D eigenvalue weighted by Crippen LogP contribution is 2.43. The second-order valence-corrected chi connectivity index (χ2v) is 9.61. The number of benzene rings is 5. The first-order valence-corrected chi connectivity index (χ1v) is 12.2. The monoisotopic (exact) mass is 448 g/mol. The molecule has 7 rings (SSSR count). The van der Waals surface area contributed by atoms with Gasteiger partial charge in [-0.2, -0.15) is 0 Å². The second-order valence-electron chi connectivity index (χ2n) is 9.61. The molecule has 2 nitrogen and oxygen atoms in total. The van der Waals surface area contributed by atoms with Gasteiger partial charge < -0.3 is 9.80 Å². The molecule has 2 heterocycles. The Balaban J connectivity index is 1.57. The summed E-state index contributed by atoms with van der Waals surface area (Å²) >= 11 is 0. The Morgan fingerprint density at radius 2 is 1.03 bits per heavy atom. The van der Waals surface area contributed by atoms with Crippen LogP contribution in [-0.2, 0) is 0 Å². The molecule has 0 unspecified atom stereocenters. The SMILES string of the molecule is Cc1ccc(N2c3cc(C)ccc3B3c4ccccc4N(c4ccccc4)c4cccc2c43)cc1. The molecule has 5 aromatic rings. The summed E-state index contributed by atoms with van der Waals surface area (Å²) < 4.78 is 0. The van der Waals surface area contributed by atoms with Crippen LogP contribution in [0.15, 0.2) is 115 Å². The molecule has 2 aliphatic heterocycles. The van der Waals surface area contributed by atoms with Crippen LogP contribution in [0, 0.1) is 13.8 Å². The maximum Gasteiger partial charge on any atom is 0.252 e. The number of hydrogen-bond donors (Lipinski definition) is 0. The average molecular weight is 448 g/mol. The van der Waals surface area contributed by atoms with Gasteiger partial charge in [-0.25, -0.2) is 0 Å². The van der Waals surface area contributed by atoms with E-state index in [-0.39, 0.29) is 6.71 Å². The Hall–Kier alpha value is -4.24. The zero-order valence-electron chi connectivity index (χ0n) is 19.9. The lowest BCUT2D eigenvalue weighted by Gasteiger charge is -2.44. The van der Waals surface area contributed by atoms with E-state index in [2.05, 4.69) is 139 Å².